The number of alkyl halides is 1. The first-order chi connectivity index (χ1) is 12.7. The highest BCUT2D eigenvalue weighted by molar-refractivity contribution is 6.17. The van der Waals surface area contributed by atoms with Gasteiger partial charge in [0.15, 0.2) is 0 Å². The van der Waals surface area contributed by atoms with Gasteiger partial charge in [-0.15, -0.1) is 11.6 Å². The molecule has 0 N–H and O–H groups in total. The number of hydrogen-bond acceptors (Lipinski definition) is 5. The Morgan fingerprint density at radius 1 is 1.31 bits per heavy atom. The molecular weight excluding hydrogens is 354 g/mol. The van der Waals surface area contributed by atoms with E-state index in [2.05, 4.69) is 4.90 Å². The summed E-state index contributed by atoms with van der Waals surface area (Å²) < 4.78 is 16.9. The van der Waals surface area contributed by atoms with E-state index in [4.69, 9.17) is 25.8 Å². The second-order valence-electron chi connectivity index (χ2n) is 6.97. The lowest BCUT2D eigenvalue weighted by Crippen LogP contribution is -2.42. The molecule has 2 fully saturated rings. The molecule has 1 heterocycles. The first kappa shape index (κ1) is 19.5. The molecule has 0 aromatic heterocycles. The zero-order valence-electron chi connectivity index (χ0n) is 15.6. The SMILES string of the molecule is CCOC(=O)c1ccc(OC2CCCC2N2CCC(OC)C2)cc1CCl. The standard InChI is InChI=1S/C20H28ClNO4/c1-3-25-20(23)17-8-7-15(11-14(17)12-21)26-19-6-4-5-18(19)22-10-9-16(13-22)24-2/h7-8,11,16,18-19H,3-6,9-10,12-13H2,1-2H3. The molecule has 1 saturated heterocycles. The molecule has 1 aromatic carbocycles. The highest BCUT2D eigenvalue weighted by atomic mass is 35.5. The van der Waals surface area contributed by atoms with Crippen LogP contribution in [-0.2, 0) is 15.4 Å². The molecule has 1 saturated carbocycles. The molecule has 3 unspecified atom stereocenters. The Bertz CT molecular complexity index is 624. The summed E-state index contributed by atoms with van der Waals surface area (Å²) in [6.45, 7) is 4.19. The minimum absolute atomic E-state index is 0.169. The molecule has 26 heavy (non-hydrogen) atoms. The van der Waals surface area contributed by atoms with Gasteiger partial charge >= 0.3 is 5.97 Å². The zero-order valence-corrected chi connectivity index (χ0v) is 16.3. The summed E-state index contributed by atoms with van der Waals surface area (Å²) in [6, 6.07) is 5.90. The molecule has 1 aliphatic carbocycles. The van der Waals surface area contributed by atoms with Crippen molar-refractivity contribution >= 4 is 17.6 Å². The fourth-order valence-electron chi connectivity index (χ4n) is 4.05. The fourth-order valence-corrected chi connectivity index (χ4v) is 4.27. The van der Waals surface area contributed by atoms with Crippen LogP contribution >= 0.6 is 11.6 Å². The summed E-state index contributed by atoms with van der Waals surface area (Å²) in [7, 11) is 1.79. The van der Waals surface area contributed by atoms with Crippen LogP contribution in [0.2, 0.25) is 0 Å². The maximum absolute atomic E-state index is 12.0. The highest BCUT2D eigenvalue weighted by Crippen LogP contribution is 2.32. The molecule has 0 amide bonds. The Labute approximate surface area is 160 Å². The van der Waals surface area contributed by atoms with Crippen LogP contribution in [0.4, 0.5) is 0 Å². The average molecular weight is 382 g/mol. The molecule has 5 nitrogen and oxygen atoms in total. The van der Waals surface area contributed by atoms with Crippen molar-refractivity contribution in [2.24, 2.45) is 0 Å². The Morgan fingerprint density at radius 2 is 2.15 bits per heavy atom. The van der Waals surface area contributed by atoms with Crippen molar-refractivity contribution < 1.29 is 19.0 Å². The van der Waals surface area contributed by atoms with E-state index in [-0.39, 0.29) is 18.0 Å². The van der Waals surface area contributed by atoms with Crippen LogP contribution in [0.1, 0.15) is 48.5 Å². The number of methoxy groups -OCH3 is 1. The summed E-state index contributed by atoms with van der Waals surface area (Å²) in [5, 5.41) is 0. The van der Waals surface area contributed by atoms with E-state index in [1.807, 2.05) is 12.1 Å². The summed E-state index contributed by atoms with van der Waals surface area (Å²) in [5.41, 5.74) is 1.26. The van der Waals surface area contributed by atoms with E-state index >= 15 is 0 Å². The van der Waals surface area contributed by atoms with Gasteiger partial charge in [-0.05, 0) is 56.4 Å². The Balaban J connectivity index is 1.68. The molecule has 0 bridgehead atoms. The van der Waals surface area contributed by atoms with Crippen molar-refractivity contribution in [3.63, 3.8) is 0 Å². The molecule has 2 aliphatic rings. The van der Waals surface area contributed by atoms with Gasteiger partial charge in [-0.1, -0.05) is 0 Å². The number of nitrogens with zero attached hydrogens (tertiary/aromatic N) is 1. The highest BCUT2D eigenvalue weighted by Gasteiger charge is 2.37. The quantitative estimate of drug-likeness (QED) is 0.533. The fraction of sp³-hybridized carbons (Fsp3) is 0.650. The van der Waals surface area contributed by atoms with E-state index in [0.29, 0.717) is 24.3 Å². The van der Waals surface area contributed by atoms with Crippen molar-refractivity contribution in [3.05, 3.63) is 29.3 Å². The molecular formula is C20H28ClNO4. The summed E-state index contributed by atoms with van der Waals surface area (Å²) in [5.74, 6) is 0.686. The number of carbonyl (C=O) groups excluding carboxylic acids is 1. The number of hydrogen-bond donors (Lipinski definition) is 0. The van der Waals surface area contributed by atoms with Gasteiger partial charge in [0, 0.05) is 32.1 Å². The number of halogens is 1. The topological polar surface area (TPSA) is 48.0 Å². The van der Waals surface area contributed by atoms with Crippen molar-refractivity contribution in [3.8, 4) is 5.75 Å². The Kier molecular flexibility index (Phi) is 6.79. The number of likely N-dealkylation sites (tertiary alicyclic amines) is 1. The lowest BCUT2D eigenvalue weighted by atomic mass is 10.1. The van der Waals surface area contributed by atoms with Crippen LogP contribution in [0.5, 0.6) is 5.75 Å². The van der Waals surface area contributed by atoms with Crippen LogP contribution in [0.3, 0.4) is 0 Å². The first-order valence-electron chi connectivity index (χ1n) is 9.45. The van der Waals surface area contributed by atoms with Crippen molar-refractivity contribution in [1.29, 1.82) is 0 Å². The van der Waals surface area contributed by atoms with Gasteiger partial charge < -0.3 is 14.2 Å². The summed E-state index contributed by atoms with van der Waals surface area (Å²) in [6.07, 6.45) is 4.97. The van der Waals surface area contributed by atoms with E-state index in [0.717, 1.165) is 43.7 Å². The Morgan fingerprint density at radius 3 is 2.85 bits per heavy atom. The van der Waals surface area contributed by atoms with Gasteiger partial charge in [0.25, 0.3) is 0 Å². The van der Waals surface area contributed by atoms with Gasteiger partial charge in [-0.2, -0.15) is 0 Å². The largest absolute Gasteiger partial charge is 0.489 e. The van der Waals surface area contributed by atoms with Crippen LogP contribution in [0.25, 0.3) is 0 Å². The van der Waals surface area contributed by atoms with Crippen molar-refractivity contribution in [2.45, 2.75) is 56.7 Å². The van der Waals surface area contributed by atoms with Gasteiger partial charge in [-0.25, -0.2) is 4.79 Å². The molecule has 3 rings (SSSR count). The van der Waals surface area contributed by atoms with Crippen molar-refractivity contribution in [1.82, 2.24) is 4.90 Å². The van der Waals surface area contributed by atoms with Gasteiger partial charge in [-0.3, -0.25) is 4.90 Å². The predicted molar refractivity (Wildman–Crippen MR) is 101 cm³/mol. The summed E-state index contributed by atoms with van der Waals surface area (Å²) >= 11 is 6.04. The van der Waals surface area contributed by atoms with Crippen LogP contribution < -0.4 is 4.74 Å². The molecule has 3 atom stereocenters. The van der Waals surface area contributed by atoms with E-state index < -0.39 is 0 Å². The van der Waals surface area contributed by atoms with E-state index in [1.54, 1.807) is 20.1 Å². The maximum atomic E-state index is 12.0. The molecule has 0 radical (unpaired) electrons. The predicted octanol–water partition coefficient (Wildman–Crippen LogP) is 3.62. The van der Waals surface area contributed by atoms with E-state index in [9.17, 15) is 4.79 Å². The molecule has 6 heteroatoms. The lowest BCUT2D eigenvalue weighted by molar-refractivity contribution is 0.0525. The zero-order chi connectivity index (χ0) is 18.5. The molecule has 144 valence electrons. The molecule has 1 aliphatic heterocycles. The monoisotopic (exact) mass is 381 g/mol. The Hall–Kier alpha value is -1.30. The smallest absolute Gasteiger partial charge is 0.338 e. The minimum atomic E-state index is -0.337. The number of esters is 1. The molecule has 1 aromatic rings. The first-order valence-corrected chi connectivity index (χ1v) is 9.99. The van der Waals surface area contributed by atoms with Gasteiger partial charge in [0.1, 0.15) is 11.9 Å². The van der Waals surface area contributed by atoms with Crippen LogP contribution in [-0.4, -0.2) is 55.9 Å². The third-order valence-electron chi connectivity index (χ3n) is 5.40. The normalized spacial score (nSPS) is 26.2. The van der Waals surface area contributed by atoms with E-state index in [1.165, 1.54) is 6.42 Å². The summed E-state index contributed by atoms with van der Waals surface area (Å²) in [4.78, 5) is 14.5. The number of benzene rings is 1. The number of ether oxygens (including phenoxy) is 3. The number of rotatable bonds is 7. The second-order valence-corrected chi connectivity index (χ2v) is 7.24. The van der Waals surface area contributed by atoms with Gasteiger partial charge in [0.05, 0.1) is 18.3 Å². The minimum Gasteiger partial charge on any atom is -0.489 e. The van der Waals surface area contributed by atoms with Crippen molar-refractivity contribution in [2.75, 3.05) is 26.8 Å². The lowest BCUT2D eigenvalue weighted by Gasteiger charge is -2.29. The third-order valence-corrected chi connectivity index (χ3v) is 5.69. The average Bonchev–Trinajstić information content (AvgIpc) is 3.30. The number of carbonyl (C=O) groups is 1. The van der Waals surface area contributed by atoms with Gasteiger partial charge in [0.2, 0.25) is 0 Å². The molecule has 0 spiro atoms. The second kappa shape index (κ2) is 9.07. The van der Waals surface area contributed by atoms with Crippen LogP contribution in [0, 0.1) is 0 Å². The van der Waals surface area contributed by atoms with Crippen LogP contribution in [0.15, 0.2) is 18.2 Å². The third kappa shape index (κ3) is 4.33. The maximum Gasteiger partial charge on any atom is 0.338 e.